The van der Waals surface area contributed by atoms with E-state index in [0.29, 0.717) is 63.3 Å². The summed E-state index contributed by atoms with van der Waals surface area (Å²) in [6.45, 7) is -2.98. The van der Waals surface area contributed by atoms with Gasteiger partial charge in [-0.15, -0.1) is 0 Å². The van der Waals surface area contributed by atoms with Gasteiger partial charge in [-0.05, 0) is 63.1 Å². The fraction of sp³-hybridized carbons (Fsp3) is 0.600. The molecule has 14 nitrogen and oxygen atoms in total. The molecule has 0 saturated carbocycles. The summed E-state index contributed by atoms with van der Waals surface area (Å²) in [6.07, 6.45) is -0.970. The van der Waals surface area contributed by atoms with Crippen LogP contribution in [0.15, 0.2) is 60.7 Å². The number of carboxylic acids is 2. The first-order valence-electron chi connectivity index (χ1n) is 24.0. The molecule has 0 fully saturated rings. The van der Waals surface area contributed by atoms with Gasteiger partial charge >= 0.3 is 11.9 Å². The van der Waals surface area contributed by atoms with Crippen molar-refractivity contribution < 1.29 is 77.6 Å². The molecule has 0 aliphatic rings. The summed E-state index contributed by atoms with van der Waals surface area (Å²) < 4.78 is 136. The largest absolute Gasteiger partial charge is 0.491 e. The summed E-state index contributed by atoms with van der Waals surface area (Å²) in [6, 6.07) is 8.25. The van der Waals surface area contributed by atoms with E-state index in [1.807, 2.05) is 27.7 Å². The third kappa shape index (κ3) is 33.0. The number of carboxylic acid groups (broad SMARTS) is 2. The molecule has 308 valence electrons. The Kier molecular flexibility index (Phi) is 18.0. The maximum atomic E-state index is 10.00. The lowest BCUT2D eigenvalue weighted by atomic mass is 10.2. The third-order valence-corrected chi connectivity index (χ3v) is 6.02. The lowest BCUT2D eigenvalue weighted by Gasteiger charge is -2.15. The van der Waals surface area contributed by atoms with Crippen molar-refractivity contribution in [2.75, 3.05) is 52.7 Å². The number of aliphatic hydroxyl groups excluding tert-OH is 2. The van der Waals surface area contributed by atoms with Gasteiger partial charge in [0.15, 0.2) is 0 Å². The molecule has 0 aromatic heterocycles. The van der Waals surface area contributed by atoms with Gasteiger partial charge in [-0.1, -0.05) is 51.7 Å². The Labute approximate surface area is 341 Å². The van der Waals surface area contributed by atoms with Gasteiger partial charge in [-0.25, -0.2) is 9.59 Å². The van der Waals surface area contributed by atoms with E-state index < -0.39 is 76.7 Å². The van der Waals surface area contributed by atoms with Crippen molar-refractivity contribution in [1.29, 1.82) is 0 Å². The van der Waals surface area contributed by atoms with Crippen molar-refractivity contribution in [2.24, 2.45) is 0 Å². The maximum absolute atomic E-state index is 10.00. The maximum Gasteiger partial charge on any atom is 0.328 e. The Morgan fingerprint density at radius 3 is 1.30 bits per heavy atom. The molecule has 2 atom stereocenters. The van der Waals surface area contributed by atoms with Crippen LogP contribution in [0.1, 0.15) is 85.4 Å². The molecule has 54 heavy (non-hydrogen) atoms. The Hall–Kier alpha value is -3.60. The van der Waals surface area contributed by atoms with E-state index in [1.165, 1.54) is 0 Å². The quantitative estimate of drug-likeness (QED) is 0.0579. The average Bonchev–Trinajstić information content (AvgIpc) is 3.21. The lowest BCUT2D eigenvalue weighted by Crippen LogP contribution is -2.35. The molecule has 0 amide bonds. The molecule has 0 spiro atoms. The van der Waals surface area contributed by atoms with E-state index >= 15 is 0 Å². The van der Waals surface area contributed by atoms with Crippen molar-refractivity contribution >= 4 is 11.9 Å². The van der Waals surface area contributed by atoms with Crippen molar-refractivity contribution in [1.82, 2.24) is 10.6 Å². The average molecular weight is 781 g/mol. The van der Waals surface area contributed by atoms with Crippen LogP contribution in [0, 0.1) is 0 Å². The van der Waals surface area contributed by atoms with Crippen LogP contribution < -0.4 is 20.1 Å². The van der Waals surface area contributed by atoms with Crippen LogP contribution in [0.3, 0.4) is 0 Å². The van der Waals surface area contributed by atoms with Crippen LogP contribution in [0.4, 0.5) is 0 Å². The molecule has 2 aromatic carbocycles. The van der Waals surface area contributed by atoms with Gasteiger partial charge in [0.05, 0.1) is 51.8 Å². The number of carbonyl (C=O) groups is 2. The lowest BCUT2D eigenvalue weighted by molar-refractivity contribution is -0.134. The number of benzene rings is 2. The molecule has 6 N–H and O–H groups in total. The SMILES string of the molecule is O=C(O)/C=C/C(=O)O.[2H]C([2H])([2H])C([2H])(NCC(O)COc1ccc(COCCOC(C)C)cc1)C([2H])([2H])[2H].[2H]C([2H])([2H])C([2H])(NCC(O)COc1ccc(COCCOC(C)C)cc1)C([2H])([2H])[2H]. The molecule has 0 saturated heterocycles. The fourth-order valence-corrected chi connectivity index (χ4v) is 3.51. The van der Waals surface area contributed by atoms with Crippen molar-refractivity contribution in [3.05, 3.63) is 71.8 Å². The van der Waals surface area contributed by atoms with Gasteiger partial charge in [0, 0.05) is 56.5 Å². The smallest absolute Gasteiger partial charge is 0.328 e. The van der Waals surface area contributed by atoms with Gasteiger partial charge in [0.1, 0.15) is 36.9 Å². The number of hydrogen-bond acceptors (Lipinski definition) is 12. The Morgan fingerprint density at radius 1 is 0.648 bits per heavy atom. The van der Waals surface area contributed by atoms with Gasteiger partial charge in [0.25, 0.3) is 0 Å². The normalized spacial score (nSPS) is 17.5. The molecular formula is C40H66N2O12. The summed E-state index contributed by atoms with van der Waals surface area (Å²) in [5, 5.41) is 39.9. The van der Waals surface area contributed by atoms with Gasteiger partial charge in [-0.3, -0.25) is 0 Å². The van der Waals surface area contributed by atoms with Crippen LogP contribution >= 0.6 is 0 Å². The summed E-state index contributed by atoms with van der Waals surface area (Å²) in [5.74, 6) is -1.56. The number of aliphatic hydroxyl groups is 2. The molecular weight excluding hydrogens is 700 g/mol. The molecule has 14 heteroatoms. The van der Waals surface area contributed by atoms with E-state index in [-0.39, 0.29) is 25.4 Å². The first-order valence-corrected chi connectivity index (χ1v) is 17.0. The zero-order valence-corrected chi connectivity index (χ0v) is 31.2. The second-order valence-electron chi connectivity index (χ2n) is 11.7. The third-order valence-electron chi connectivity index (χ3n) is 6.02. The fourth-order valence-electron chi connectivity index (χ4n) is 3.51. The summed E-state index contributed by atoms with van der Waals surface area (Å²) in [7, 11) is 0. The van der Waals surface area contributed by atoms with Gasteiger partial charge in [-0.2, -0.15) is 0 Å². The number of rotatable bonds is 26. The highest BCUT2D eigenvalue weighted by atomic mass is 16.5. The zero-order chi connectivity index (χ0) is 52.6. The number of hydrogen-bond donors (Lipinski definition) is 6. The van der Waals surface area contributed by atoms with Gasteiger partial charge < -0.3 is 59.5 Å². The van der Waals surface area contributed by atoms with Crippen molar-refractivity contribution in [3.8, 4) is 11.5 Å². The van der Waals surface area contributed by atoms with Crippen LogP contribution in [-0.2, 0) is 41.8 Å². The van der Waals surface area contributed by atoms with E-state index in [0.717, 1.165) is 11.1 Å². The highest BCUT2D eigenvalue weighted by Crippen LogP contribution is 2.14. The summed E-state index contributed by atoms with van der Waals surface area (Å²) >= 11 is 0. The monoisotopic (exact) mass is 781 g/mol. The van der Waals surface area contributed by atoms with E-state index in [9.17, 15) is 19.8 Å². The van der Waals surface area contributed by atoms with E-state index in [4.69, 9.17) is 57.8 Å². The minimum atomic E-state index is -3.10. The molecule has 0 aliphatic carbocycles. The second kappa shape index (κ2) is 31.7. The first kappa shape index (κ1) is 30.6. The molecule has 0 aliphatic heterocycles. The van der Waals surface area contributed by atoms with Crippen LogP contribution in [0.25, 0.3) is 0 Å². The molecule has 0 radical (unpaired) electrons. The van der Waals surface area contributed by atoms with E-state index in [1.54, 1.807) is 48.5 Å². The Morgan fingerprint density at radius 2 is 1.00 bits per heavy atom. The van der Waals surface area contributed by atoms with Crippen molar-refractivity contribution in [2.45, 2.75) is 105 Å². The zero-order valence-electron chi connectivity index (χ0n) is 45.2. The molecule has 0 bridgehead atoms. The highest BCUT2D eigenvalue weighted by molar-refractivity contribution is 5.89. The van der Waals surface area contributed by atoms with E-state index in [2.05, 4.69) is 10.6 Å². The molecule has 2 rings (SSSR count). The van der Waals surface area contributed by atoms with Gasteiger partial charge in [0.2, 0.25) is 0 Å². The molecule has 2 unspecified atom stereocenters. The standard InChI is InChI=1S/2C18H31NO4.C4H4O4/c2*1-14(2)19-11-17(20)13-23-18-7-5-16(6-8-18)12-21-9-10-22-15(3)4;5-3(6)1-2-4(7)8/h2*5-8,14-15,17,19-20H,9-13H2,1-4H3;1-2H,(H,5,6)(H,7,8)/b;;2-1+/i2*1D3,2D3,14D;. The number of ether oxygens (including phenoxy) is 6. The van der Waals surface area contributed by atoms with Crippen LogP contribution in [-0.4, -0.2) is 122 Å². The second-order valence-corrected chi connectivity index (χ2v) is 11.7. The molecule has 0 heterocycles. The number of aliphatic carboxylic acids is 2. The van der Waals surface area contributed by atoms with Crippen LogP contribution in [0.2, 0.25) is 0 Å². The minimum Gasteiger partial charge on any atom is -0.491 e. The Balaban J connectivity index is 0.00000114. The minimum absolute atomic E-state index is 0.162. The highest BCUT2D eigenvalue weighted by Gasteiger charge is 2.07. The van der Waals surface area contributed by atoms with Crippen molar-refractivity contribution in [3.63, 3.8) is 0 Å². The molecule has 2 aromatic rings. The summed E-state index contributed by atoms with van der Waals surface area (Å²) in [4.78, 5) is 19.1. The predicted molar refractivity (Wildman–Crippen MR) is 208 cm³/mol. The Bertz CT molecular complexity index is 1590. The first-order chi connectivity index (χ1) is 31.1. The number of nitrogens with one attached hydrogen (secondary N) is 2. The predicted octanol–water partition coefficient (Wildman–Crippen LogP) is 4.44. The topological polar surface area (TPSA) is 194 Å². The van der Waals surface area contributed by atoms with Crippen LogP contribution in [0.5, 0.6) is 11.5 Å². The summed E-state index contributed by atoms with van der Waals surface area (Å²) in [5.41, 5.74) is 1.87.